The van der Waals surface area contributed by atoms with E-state index < -0.39 is 5.82 Å². The van der Waals surface area contributed by atoms with Crippen molar-refractivity contribution in [1.82, 2.24) is 4.98 Å². The van der Waals surface area contributed by atoms with Gasteiger partial charge in [0.15, 0.2) is 11.7 Å². The molecule has 0 fully saturated rings. The maximum atomic E-state index is 14.1. The lowest BCUT2D eigenvalue weighted by molar-refractivity contribution is -0.120. The number of amides is 1. The van der Waals surface area contributed by atoms with Gasteiger partial charge < -0.3 is 4.74 Å². The molecule has 1 heterocycles. The minimum atomic E-state index is -0.395. The standard InChI is InChI=1S/C23H19FN2O2S/c1-16-7-5-10-18(13-16)28-15-21(27)26(14-17-8-3-2-4-9-17)23-25-22-19(24)11-6-12-20(22)29-23/h2-13H,14-15H2,1H3. The Bertz CT molecular complexity index is 1140. The van der Waals surface area contributed by atoms with E-state index in [1.54, 1.807) is 17.0 Å². The number of fused-ring (bicyclic) bond motifs is 1. The van der Waals surface area contributed by atoms with Gasteiger partial charge in [-0.05, 0) is 42.3 Å². The fourth-order valence-corrected chi connectivity index (χ4v) is 3.97. The highest BCUT2D eigenvalue weighted by molar-refractivity contribution is 7.22. The minimum Gasteiger partial charge on any atom is -0.484 e. The van der Waals surface area contributed by atoms with Crippen LogP contribution in [0.25, 0.3) is 10.2 Å². The predicted molar refractivity (Wildman–Crippen MR) is 114 cm³/mol. The van der Waals surface area contributed by atoms with Crippen LogP contribution in [-0.4, -0.2) is 17.5 Å². The zero-order chi connectivity index (χ0) is 20.2. The number of hydrogen-bond donors (Lipinski definition) is 0. The van der Waals surface area contributed by atoms with Crippen LogP contribution in [-0.2, 0) is 11.3 Å². The average molecular weight is 406 g/mol. The van der Waals surface area contributed by atoms with Crippen molar-refractivity contribution in [3.05, 3.63) is 89.7 Å². The molecule has 4 aromatic rings. The number of hydrogen-bond acceptors (Lipinski definition) is 4. The number of aromatic nitrogens is 1. The summed E-state index contributed by atoms with van der Waals surface area (Å²) in [5.41, 5.74) is 2.28. The molecule has 4 rings (SSSR count). The third kappa shape index (κ3) is 4.43. The molecule has 0 spiro atoms. The van der Waals surface area contributed by atoms with Crippen molar-refractivity contribution in [2.75, 3.05) is 11.5 Å². The van der Waals surface area contributed by atoms with Crippen molar-refractivity contribution in [3.63, 3.8) is 0 Å². The molecule has 0 radical (unpaired) electrons. The second-order valence-corrected chi connectivity index (χ2v) is 7.66. The SMILES string of the molecule is Cc1cccc(OCC(=O)N(Cc2ccccc2)c2nc3c(F)cccc3s2)c1. The predicted octanol–water partition coefficient (Wildman–Crippen LogP) is 5.36. The maximum absolute atomic E-state index is 14.1. The lowest BCUT2D eigenvalue weighted by Gasteiger charge is -2.20. The summed E-state index contributed by atoms with van der Waals surface area (Å²) >= 11 is 1.29. The van der Waals surface area contributed by atoms with Gasteiger partial charge in [0.1, 0.15) is 17.1 Å². The number of para-hydroxylation sites is 1. The van der Waals surface area contributed by atoms with Crippen molar-refractivity contribution in [2.24, 2.45) is 0 Å². The van der Waals surface area contributed by atoms with Gasteiger partial charge in [-0.1, -0.05) is 59.9 Å². The van der Waals surface area contributed by atoms with Crippen LogP contribution >= 0.6 is 11.3 Å². The third-order valence-electron chi connectivity index (χ3n) is 4.43. The highest BCUT2D eigenvalue weighted by atomic mass is 32.1. The maximum Gasteiger partial charge on any atom is 0.267 e. The molecular weight excluding hydrogens is 387 g/mol. The number of halogens is 1. The largest absolute Gasteiger partial charge is 0.484 e. The molecule has 0 N–H and O–H groups in total. The van der Waals surface area contributed by atoms with Crippen molar-refractivity contribution in [1.29, 1.82) is 0 Å². The molecule has 29 heavy (non-hydrogen) atoms. The van der Waals surface area contributed by atoms with E-state index >= 15 is 0 Å². The quantitative estimate of drug-likeness (QED) is 0.433. The third-order valence-corrected chi connectivity index (χ3v) is 5.47. The van der Waals surface area contributed by atoms with Crippen LogP contribution in [0.5, 0.6) is 5.75 Å². The second kappa shape index (κ2) is 8.41. The number of thiazole rings is 1. The molecule has 0 aliphatic rings. The lowest BCUT2D eigenvalue weighted by Crippen LogP contribution is -2.34. The number of aryl methyl sites for hydroxylation is 1. The Hall–Kier alpha value is -3.25. The van der Waals surface area contributed by atoms with Gasteiger partial charge in [-0.2, -0.15) is 0 Å². The van der Waals surface area contributed by atoms with E-state index in [0.29, 0.717) is 22.1 Å². The first kappa shape index (κ1) is 19.1. The van der Waals surface area contributed by atoms with E-state index in [2.05, 4.69) is 4.98 Å². The van der Waals surface area contributed by atoms with Gasteiger partial charge in [0.05, 0.1) is 11.2 Å². The Kier molecular flexibility index (Phi) is 5.53. The molecule has 4 nitrogen and oxygen atoms in total. The summed E-state index contributed by atoms with van der Waals surface area (Å²) in [7, 11) is 0. The van der Waals surface area contributed by atoms with Gasteiger partial charge in [0, 0.05) is 0 Å². The van der Waals surface area contributed by atoms with Crippen molar-refractivity contribution < 1.29 is 13.9 Å². The molecule has 0 aliphatic carbocycles. The number of nitrogens with zero attached hydrogens (tertiary/aromatic N) is 2. The fourth-order valence-electron chi connectivity index (χ4n) is 2.98. The van der Waals surface area contributed by atoms with Crippen LogP contribution in [0, 0.1) is 12.7 Å². The molecule has 1 aromatic heterocycles. The van der Waals surface area contributed by atoms with E-state index in [1.165, 1.54) is 17.4 Å². The number of carbonyl (C=O) groups excluding carboxylic acids is 1. The molecule has 0 atom stereocenters. The van der Waals surface area contributed by atoms with Gasteiger partial charge >= 0.3 is 0 Å². The van der Waals surface area contributed by atoms with Crippen LogP contribution in [0.4, 0.5) is 9.52 Å². The van der Waals surface area contributed by atoms with Crippen LogP contribution in [0.1, 0.15) is 11.1 Å². The monoisotopic (exact) mass is 406 g/mol. The summed E-state index contributed by atoms with van der Waals surface area (Å²) in [6.07, 6.45) is 0. The van der Waals surface area contributed by atoms with E-state index in [4.69, 9.17) is 4.74 Å². The molecule has 3 aromatic carbocycles. The number of ether oxygens (including phenoxy) is 1. The molecule has 6 heteroatoms. The first-order valence-electron chi connectivity index (χ1n) is 9.19. The second-order valence-electron chi connectivity index (χ2n) is 6.65. The van der Waals surface area contributed by atoms with Gasteiger partial charge in [-0.15, -0.1) is 0 Å². The van der Waals surface area contributed by atoms with Gasteiger partial charge in [0.25, 0.3) is 5.91 Å². The van der Waals surface area contributed by atoms with E-state index in [0.717, 1.165) is 11.1 Å². The topological polar surface area (TPSA) is 42.4 Å². The Labute approximate surface area is 172 Å². The summed E-state index contributed by atoms with van der Waals surface area (Å²) in [5, 5.41) is 0.451. The first-order valence-corrected chi connectivity index (χ1v) is 10.0. The minimum absolute atomic E-state index is 0.130. The van der Waals surface area contributed by atoms with Crippen molar-refractivity contribution >= 4 is 32.6 Å². The summed E-state index contributed by atoms with van der Waals surface area (Å²) < 4.78 is 20.5. The van der Waals surface area contributed by atoms with Crippen LogP contribution in [0.15, 0.2) is 72.8 Å². The van der Waals surface area contributed by atoms with Gasteiger partial charge in [0.2, 0.25) is 0 Å². The number of anilines is 1. The van der Waals surface area contributed by atoms with Gasteiger partial charge in [-0.25, -0.2) is 9.37 Å². The van der Waals surface area contributed by atoms with Crippen LogP contribution in [0.2, 0.25) is 0 Å². The molecule has 0 saturated heterocycles. The number of rotatable bonds is 6. The molecule has 1 amide bonds. The Balaban J connectivity index is 1.62. The summed E-state index contributed by atoms with van der Waals surface area (Å²) in [6.45, 7) is 2.17. The van der Waals surface area contributed by atoms with Crippen molar-refractivity contribution in [3.8, 4) is 5.75 Å². The summed E-state index contributed by atoms with van der Waals surface area (Å²) in [5.74, 6) is -0.00343. The summed E-state index contributed by atoms with van der Waals surface area (Å²) in [4.78, 5) is 19.0. The Morgan fingerprint density at radius 3 is 2.62 bits per heavy atom. The van der Waals surface area contributed by atoms with E-state index in [-0.39, 0.29) is 18.0 Å². The van der Waals surface area contributed by atoms with Crippen LogP contribution < -0.4 is 9.64 Å². The first-order chi connectivity index (χ1) is 14.1. The smallest absolute Gasteiger partial charge is 0.267 e. The Morgan fingerprint density at radius 2 is 1.86 bits per heavy atom. The molecule has 146 valence electrons. The Morgan fingerprint density at radius 1 is 1.07 bits per heavy atom. The van der Waals surface area contributed by atoms with Crippen molar-refractivity contribution in [2.45, 2.75) is 13.5 Å². The fraction of sp³-hybridized carbons (Fsp3) is 0.130. The highest BCUT2D eigenvalue weighted by Crippen LogP contribution is 2.31. The highest BCUT2D eigenvalue weighted by Gasteiger charge is 2.21. The van der Waals surface area contributed by atoms with E-state index in [1.807, 2.05) is 61.5 Å². The zero-order valence-electron chi connectivity index (χ0n) is 15.8. The summed E-state index contributed by atoms with van der Waals surface area (Å²) in [6, 6.07) is 22.0. The molecule has 0 saturated carbocycles. The zero-order valence-corrected chi connectivity index (χ0v) is 16.7. The van der Waals surface area contributed by atoms with Crippen LogP contribution in [0.3, 0.4) is 0 Å². The number of carbonyl (C=O) groups is 1. The lowest BCUT2D eigenvalue weighted by atomic mass is 10.2. The molecule has 0 bridgehead atoms. The average Bonchev–Trinajstić information content (AvgIpc) is 3.16. The van der Waals surface area contributed by atoms with E-state index in [9.17, 15) is 9.18 Å². The number of benzene rings is 3. The molecular formula is C23H19FN2O2S. The molecule has 0 aliphatic heterocycles. The molecule has 0 unspecified atom stereocenters. The normalized spacial score (nSPS) is 10.8. The van der Waals surface area contributed by atoms with Gasteiger partial charge in [-0.3, -0.25) is 9.69 Å².